The highest BCUT2D eigenvalue weighted by molar-refractivity contribution is 4.92. The highest BCUT2D eigenvalue weighted by Crippen LogP contribution is 2.30. The molecule has 0 aromatic rings. The molecule has 1 heterocycles. The molecule has 0 spiro atoms. The molecule has 1 rings (SSSR count). The molecule has 0 bridgehead atoms. The van der Waals surface area contributed by atoms with Crippen molar-refractivity contribution in [2.24, 2.45) is 0 Å². The van der Waals surface area contributed by atoms with Gasteiger partial charge in [0, 0.05) is 12.6 Å². The van der Waals surface area contributed by atoms with Gasteiger partial charge in [-0.1, -0.05) is 26.7 Å². The number of nitrogens with one attached hydrogen (secondary N) is 1. The predicted octanol–water partition coefficient (Wildman–Crippen LogP) is 2.33. The van der Waals surface area contributed by atoms with Gasteiger partial charge in [0.05, 0.1) is 12.2 Å². The Morgan fingerprint density at radius 3 is 2.38 bits per heavy atom. The van der Waals surface area contributed by atoms with Crippen LogP contribution in [-0.4, -0.2) is 24.8 Å². The van der Waals surface area contributed by atoms with E-state index in [9.17, 15) is 0 Å². The maximum atomic E-state index is 6.00. The Bertz CT molecular complexity index is 136. The Labute approximate surface area is 82.0 Å². The van der Waals surface area contributed by atoms with Crippen LogP contribution >= 0.6 is 0 Å². The standard InChI is InChI=1S/C11H23NO/c1-4-6-11(7-5-2)10(3)12-8-9-13-11/h10,12H,4-9H2,1-3H3. The topological polar surface area (TPSA) is 21.3 Å². The lowest BCUT2D eigenvalue weighted by molar-refractivity contribution is -0.103. The summed E-state index contributed by atoms with van der Waals surface area (Å²) in [6, 6.07) is 0.515. The van der Waals surface area contributed by atoms with Crippen LogP contribution in [0.4, 0.5) is 0 Å². The van der Waals surface area contributed by atoms with Gasteiger partial charge >= 0.3 is 0 Å². The first-order valence-corrected chi connectivity index (χ1v) is 5.62. The summed E-state index contributed by atoms with van der Waals surface area (Å²) in [7, 11) is 0. The molecular formula is C11H23NO. The molecule has 2 heteroatoms. The number of rotatable bonds is 4. The third-order valence-electron chi connectivity index (χ3n) is 3.08. The fourth-order valence-electron chi connectivity index (χ4n) is 2.39. The van der Waals surface area contributed by atoms with Crippen LogP contribution in [0.15, 0.2) is 0 Å². The van der Waals surface area contributed by atoms with E-state index < -0.39 is 0 Å². The third-order valence-corrected chi connectivity index (χ3v) is 3.08. The summed E-state index contributed by atoms with van der Waals surface area (Å²) in [6.07, 6.45) is 4.81. The van der Waals surface area contributed by atoms with Crippen molar-refractivity contribution in [2.75, 3.05) is 13.2 Å². The van der Waals surface area contributed by atoms with Crippen molar-refractivity contribution < 1.29 is 4.74 Å². The van der Waals surface area contributed by atoms with Crippen LogP contribution in [0, 0.1) is 0 Å². The van der Waals surface area contributed by atoms with Gasteiger partial charge in [-0.05, 0) is 19.8 Å². The van der Waals surface area contributed by atoms with Gasteiger partial charge in [0.25, 0.3) is 0 Å². The van der Waals surface area contributed by atoms with E-state index in [-0.39, 0.29) is 5.60 Å². The lowest BCUT2D eigenvalue weighted by atomic mass is 9.85. The first-order valence-electron chi connectivity index (χ1n) is 5.62. The minimum Gasteiger partial charge on any atom is -0.372 e. The Balaban J connectivity index is 2.61. The van der Waals surface area contributed by atoms with E-state index in [0.717, 1.165) is 13.2 Å². The second-order valence-electron chi connectivity index (χ2n) is 4.09. The first-order chi connectivity index (χ1) is 6.25. The van der Waals surface area contributed by atoms with Crippen LogP contribution in [0.1, 0.15) is 46.5 Å². The van der Waals surface area contributed by atoms with Gasteiger partial charge < -0.3 is 10.1 Å². The molecule has 0 aliphatic carbocycles. The molecule has 1 aliphatic rings. The van der Waals surface area contributed by atoms with Gasteiger partial charge in [0.15, 0.2) is 0 Å². The summed E-state index contributed by atoms with van der Waals surface area (Å²) >= 11 is 0. The van der Waals surface area contributed by atoms with Crippen molar-refractivity contribution in [3.8, 4) is 0 Å². The minimum atomic E-state index is 0.127. The molecule has 2 nitrogen and oxygen atoms in total. The molecule has 0 saturated carbocycles. The maximum Gasteiger partial charge on any atom is 0.0832 e. The largest absolute Gasteiger partial charge is 0.372 e. The quantitative estimate of drug-likeness (QED) is 0.726. The zero-order valence-corrected chi connectivity index (χ0v) is 9.23. The summed E-state index contributed by atoms with van der Waals surface area (Å²) in [4.78, 5) is 0. The molecule has 78 valence electrons. The average molecular weight is 185 g/mol. The second-order valence-corrected chi connectivity index (χ2v) is 4.09. The summed E-state index contributed by atoms with van der Waals surface area (Å²) in [5.74, 6) is 0. The summed E-state index contributed by atoms with van der Waals surface area (Å²) in [5.41, 5.74) is 0.127. The third kappa shape index (κ3) is 2.44. The Hall–Kier alpha value is -0.0800. The highest BCUT2D eigenvalue weighted by atomic mass is 16.5. The van der Waals surface area contributed by atoms with E-state index in [1.165, 1.54) is 25.7 Å². The molecule has 0 aromatic carbocycles. The monoisotopic (exact) mass is 185 g/mol. The fourth-order valence-corrected chi connectivity index (χ4v) is 2.39. The summed E-state index contributed by atoms with van der Waals surface area (Å²) < 4.78 is 6.00. The Morgan fingerprint density at radius 2 is 1.92 bits per heavy atom. The Morgan fingerprint density at radius 1 is 1.31 bits per heavy atom. The van der Waals surface area contributed by atoms with E-state index in [1.807, 2.05) is 0 Å². The average Bonchev–Trinajstić information content (AvgIpc) is 2.11. The van der Waals surface area contributed by atoms with Crippen LogP contribution in [0.3, 0.4) is 0 Å². The zero-order valence-electron chi connectivity index (χ0n) is 9.23. The van der Waals surface area contributed by atoms with Crippen LogP contribution in [0.5, 0.6) is 0 Å². The smallest absolute Gasteiger partial charge is 0.0832 e. The van der Waals surface area contributed by atoms with Crippen LogP contribution < -0.4 is 5.32 Å². The fraction of sp³-hybridized carbons (Fsp3) is 1.00. The first kappa shape index (κ1) is 11.0. The van der Waals surface area contributed by atoms with E-state index in [4.69, 9.17) is 4.74 Å². The summed E-state index contributed by atoms with van der Waals surface area (Å²) in [6.45, 7) is 8.62. The van der Waals surface area contributed by atoms with Crippen molar-refractivity contribution in [2.45, 2.75) is 58.1 Å². The molecule has 0 radical (unpaired) electrons. The predicted molar refractivity (Wildman–Crippen MR) is 56.0 cm³/mol. The van der Waals surface area contributed by atoms with E-state index in [1.54, 1.807) is 0 Å². The van der Waals surface area contributed by atoms with Gasteiger partial charge in [-0.25, -0.2) is 0 Å². The van der Waals surface area contributed by atoms with E-state index in [0.29, 0.717) is 6.04 Å². The van der Waals surface area contributed by atoms with Gasteiger partial charge in [0.2, 0.25) is 0 Å². The van der Waals surface area contributed by atoms with Crippen LogP contribution in [0.25, 0.3) is 0 Å². The SMILES string of the molecule is CCCC1(CCC)OCCNC1C. The molecule has 1 aliphatic heterocycles. The molecule has 13 heavy (non-hydrogen) atoms. The van der Waals surface area contributed by atoms with Crippen molar-refractivity contribution in [3.05, 3.63) is 0 Å². The molecule has 0 aromatic heterocycles. The number of hydrogen-bond acceptors (Lipinski definition) is 2. The molecule has 1 fully saturated rings. The molecule has 1 atom stereocenters. The molecular weight excluding hydrogens is 162 g/mol. The van der Waals surface area contributed by atoms with E-state index >= 15 is 0 Å². The Kier molecular flexibility index (Phi) is 4.20. The number of morpholine rings is 1. The molecule has 0 amide bonds. The summed E-state index contributed by atoms with van der Waals surface area (Å²) in [5, 5.41) is 3.52. The van der Waals surface area contributed by atoms with Gasteiger partial charge in [-0.15, -0.1) is 0 Å². The van der Waals surface area contributed by atoms with Crippen LogP contribution in [-0.2, 0) is 4.74 Å². The van der Waals surface area contributed by atoms with Gasteiger partial charge in [-0.3, -0.25) is 0 Å². The number of ether oxygens (including phenoxy) is 1. The zero-order chi connectivity index (χ0) is 9.73. The van der Waals surface area contributed by atoms with Crippen molar-refractivity contribution in [1.82, 2.24) is 5.32 Å². The van der Waals surface area contributed by atoms with Gasteiger partial charge in [0.1, 0.15) is 0 Å². The maximum absolute atomic E-state index is 6.00. The van der Waals surface area contributed by atoms with E-state index in [2.05, 4.69) is 26.1 Å². The normalized spacial score (nSPS) is 27.5. The highest BCUT2D eigenvalue weighted by Gasteiger charge is 2.37. The molecule has 1 N–H and O–H groups in total. The van der Waals surface area contributed by atoms with Crippen LogP contribution in [0.2, 0.25) is 0 Å². The van der Waals surface area contributed by atoms with Gasteiger partial charge in [-0.2, -0.15) is 0 Å². The number of hydrogen-bond donors (Lipinski definition) is 1. The molecule has 1 unspecified atom stereocenters. The second kappa shape index (κ2) is 4.97. The van der Waals surface area contributed by atoms with Crippen molar-refractivity contribution in [1.29, 1.82) is 0 Å². The van der Waals surface area contributed by atoms with Crippen molar-refractivity contribution >= 4 is 0 Å². The lowest BCUT2D eigenvalue weighted by Crippen LogP contribution is -2.56. The van der Waals surface area contributed by atoms with Crippen molar-refractivity contribution in [3.63, 3.8) is 0 Å². The molecule has 1 saturated heterocycles. The minimum absolute atomic E-state index is 0.127. The lowest BCUT2D eigenvalue weighted by Gasteiger charge is -2.43.